The van der Waals surface area contributed by atoms with Crippen LogP contribution in [-0.2, 0) is 9.47 Å². The first-order valence-corrected chi connectivity index (χ1v) is 5.94. The van der Waals surface area contributed by atoms with E-state index >= 15 is 0 Å². The predicted octanol–water partition coefficient (Wildman–Crippen LogP) is 1.04. The third-order valence-electron chi connectivity index (χ3n) is 2.58. The van der Waals surface area contributed by atoms with Gasteiger partial charge in [-0.15, -0.1) is 0 Å². The van der Waals surface area contributed by atoms with Crippen LogP contribution >= 0.6 is 12.6 Å². The normalized spacial score (nSPS) is 24.0. The Bertz CT molecular complexity index is 146. The van der Waals surface area contributed by atoms with Gasteiger partial charge in [0.25, 0.3) is 0 Å². The van der Waals surface area contributed by atoms with Crippen molar-refractivity contribution >= 4 is 12.6 Å². The fourth-order valence-electron chi connectivity index (χ4n) is 1.77. The zero-order chi connectivity index (χ0) is 10.2. The van der Waals surface area contributed by atoms with Crippen molar-refractivity contribution in [2.45, 2.75) is 18.9 Å². The van der Waals surface area contributed by atoms with Crippen LogP contribution in [0.5, 0.6) is 0 Å². The van der Waals surface area contributed by atoms with Crippen LogP contribution in [0.4, 0.5) is 0 Å². The molecule has 0 spiro atoms. The number of rotatable bonds is 6. The van der Waals surface area contributed by atoms with E-state index in [0.717, 1.165) is 32.1 Å². The van der Waals surface area contributed by atoms with E-state index in [0.29, 0.717) is 6.10 Å². The second-order valence-corrected chi connectivity index (χ2v) is 4.08. The van der Waals surface area contributed by atoms with Crippen molar-refractivity contribution in [2.75, 3.05) is 45.7 Å². The summed E-state index contributed by atoms with van der Waals surface area (Å²) >= 11 is 4.09. The minimum absolute atomic E-state index is 0.425. The van der Waals surface area contributed by atoms with Crippen LogP contribution in [0, 0.1) is 0 Å². The first kappa shape index (κ1) is 12.3. The van der Waals surface area contributed by atoms with Gasteiger partial charge >= 0.3 is 0 Å². The van der Waals surface area contributed by atoms with Gasteiger partial charge in [-0.25, -0.2) is 0 Å². The van der Waals surface area contributed by atoms with Gasteiger partial charge < -0.3 is 9.47 Å². The predicted molar refractivity (Wildman–Crippen MR) is 61.1 cm³/mol. The maximum atomic E-state index is 5.40. The van der Waals surface area contributed by atoms with Crippen LogP contribution in [-0.4, -0.2) is 56.7 Å². The zero-order valence-corrected chi connectivity index (χ0v) is 9.84. The molecule has 1 unspecified atom stereocenters. The molecule has 0 aromatic rings. The van der Waals surface area contributed by atoms with E-state index in [9.17, 15) is 0 Å². The lowest BCUT2D eigenvalue weighted by molar-refractivity contribution is 0.0193. The molecule has 84 valence electrons. The maximum Gasteiger partial charge on any atom is 0.0698 e. The highest BCUT2D eigenvalue weighted by Gasteiger charge is 2.18. The number of methoxy groups -OCH3 is 1. The number of piperidine rings is 1. The molecule has 1 aliphatic rings. The molecule has 1 heterocycles. The monoisotopic (exact) mass is 219 g/mol. The second kappa shape index (κ2) is 7.51. The van der Waals surface area contributed by atoms with Crippen molar-refractivity contribution < 1.29 is 9.47 Å². The number of likely N-dealkylation sites (tertiary alicyclic amines) is 1. The molecule has 0 aromatic heterocycles. The summed E-state index contributed by atoms with van der Waals surface area (Å²) in [4.78, 5) is 2.41. The fraction of sp³-hybridized carbons (Fsp3) is 1.00. The van der Waals surface area contributed by atoms with Crippen molar-refractivity contribution in [3.63, 3.8) is 0 Å². The molecule has 0 radical (unpaired) electrons. The second-order valence-electron chi connectivity index (χ2n) is 3.64. The number of ether oxygens (including phenoxy) is 2. The van der Waals surface area contributed by atoms with E-state index in [2.05, 4.69) is 17.5 Å². The lowest BCUT2D eigenvalue weighted by atomic mass is 10.1. The van der Waals surface area contributed by atoms with Crippen LogP contribution in [0.15, 0.2) is 0 Å². The Labute approximate surface area is 92.2 Å². The van der Waals surface area contributed by atoms with Gasteiger partial charge in [0.15, 0.2) is 0 Å². The summed E-state index contributed by atoms with van der Waals surface area (Å²) < 4.78 is 10.7. The van der Waals surface area contributed by atoms with E-state index in [-0.39, 0.29) is 0 Å². The van der Waals surface area contributed by atoms with Crippen LogP contribution in [0.3, 0.4) is 0 Å². The zero-order valence-electron chi connectivity index (χ0n) is 8.95. The highest BCUT2D eigenvalue weighted by molar-refractivity contribution is 7.80. The van der Waals surface area contributed by atoms with Gasteiger partial charge in [-0.2, -0.15) is 12.6 Å². The molecule has 0 amide bonds. The molecule has 1 rings (SSSR count). The molecule has 1 fully saturated rings. The van der Waals surface area contributed by atoms with Crippen molar-refractivity contribution in [1.82, 2.24) is 4.90 Å². The number of nitrogens with zero attached hydrogens (tertiary/aromatic N) is 1. The van der Waals surface area contributed by atoms with Gasteiger partial charge in [0.2, 0.25) is 0 Å². The Morgan fingerprint density at radius 3 is 3.00 bits per heavy atom. The minimum atomic E-state index is 0.425. The number of thiol groups is 1. The highest BCUT2D eigenvalue weighted by atomic mass is 32.1. The standard InChI is InChI=1S/C10H21NO2S/c1-12-10-3-2-4-11(9-10)5-6-13-7-8-14/h10,14H,2-9H2,1H3. The Kier molecular flexibility index (Phi) is 6.60. The first-order chi connectivity index (χ1) is 6.86. The van der Waals surface area contributed by atoms with Gasteiger partial charge in [-0.05, 0) is 19.4 Å². The minimum Gasteiger partial charge on any atom is -0.380 e. The largest absolute Gasteiger partial charge is 0.380 e. The summed E-state index contributed by atoms with van der Waals surface area (Å²) in [6.45, 7) is 4.83. The molecule has 14 heavy (non-hydrogen) atoms. The first-order valence-electron chi connectivity index (χ1n) is 5.30. The van der Waals surface area contributed by atoms with Crippen LogP contribution in [0.1, 0.15) is 12.8 Å². The Morgan fingerprint density at radius 2 is 2.29 bits per heavy atom. The Hall–Kier alpha value is 0.230. The van der Waals surface area contributed by atoms with Gasteiger partial charge in [0.1, 0.15) is 0 Å². The van der Waals surface area contributed by atoms with E-state index in [1.54, 1.807) is 7.11 Å². The smallest absolute Gasteiger partial charge is 0.0698 e. The summed E-state index contributed by atoms with van der Waals surface area (Å²) in [7, 11) is 1.80. The molecule has 0 N–H and O–H groups in total. The SMILES string of the molecule is COC1CCCN(CCOCCS)C1. The van der Waals surface area contributed by atoms with Gasteiger partial charge in [0.05, 0.1) is 19.3 Å². The van der Waals surface area contributed by atoms with Crippen molar-refractivity contribution in [3.8, 4) is 0 Å². The molecule has 0 aromatic carbocycles. The highest BCUT2D eigenvalue weighted by Crippen LogP contribution is 2.11. The fourth-order valence-corrected chi connectivity index (χ4v) is 1.90. The van der Waals surface area contributed by atoms with E-state index in [1.165, 1.54) is 19.4 Å². The van der Waals surface area contributed by atoms with Gasteiger partial charge in [-0.3, -0.25) is 4.90 Å². The van der Waals surface area contributed by atoms with Gasteiger partial charge in [-0.1, -0.05) is 0 Å². The summed E-state index contributed by atoms with van der Waals surface area (Å²) in [6.07, 6.45) is 2.86. The molecule has 1 aliphatic heterocycles. The molecule has 1 saturated heterocycles. The summed E-state index contributed by atoms with van der Waals surface area (Å²) in [6, 6.07) is 0. The molecule has 1 atom stereocenters. The number of hydrogen-bond acceptors (Lipinski definition) is 4. The molecule has 0 saturated carbocycles. The molecular formula is C10H21NO2S. The molecule has 0 aliphatic carbocycles. The Balaban J connectivity index is 2.05. The van der Waals surface area contributed by atoms with E-state index < -0.39 is 0 Å². The van der Waals surface area contributed by atoms with E-state index in [4.69, 9.17) is 9.47 Å². The number of hydrogen-bond donors (Lipinski definition) is 1. The average molecular weight is 219 g/mol. The van der Waals surface area contributed by atoms with Crippen molar-refractivity contribution in [2.24, 2.45) is 0 Å². The molecule has 3 nitrogen and oxygen atoms in total. The van der Waals surface area contributed by atoms with Crippen LogP contribution in [0.2, 0.25) is 0 Å². The van der Waals surface area contributed by atoms with Crippen molar-refractivity contribution in [3.05, 3.63) is 0 Å². The van der Waals surface area contributed by atoms with Crippen LogP contribution in [0.25, 0.3) is 0 Å². The molecular weight excluding hydrogens is 198 g/mol. The quantitative estimate of drug-likeness (QED) is 0.533. The topological polar surface area (TPSA) is 21.7 Å². The lowest BCUT2D eigenvalue weighted by Crippen LogP contribution is -2.40. The van der Waals surface area contributed by atoms with E-state index in [1.807, 2.05) is 0 Å². The summed E-state index contributed by atoms with van der Waals surface area (Å²) in [5.74, 6) is 0.806. The third-order valence-corrected chi connectivity index (χ3v) is 2.77. The molecule has 0 bridgehead atoms. The summed E-state index contributed by atoms with van der Waals surface area (Å²) in [5, 5.41) is 0. The Morgan fingerprint density at radius 1 is 1.43 bits per heavy atom. The van der Waals surface area contributed by atoms with Gasteiger partial charge in [0, 0.05) is 26.0 Å². The molecule has 4 heteroatoms. The van der Waals surface area contributed by atoms with Crippen molar-refractivity contribution in [1.29, 1.82) is 0 Å². The third kappa shape index (κ3) is 4.64. The maximum absolute atomic E-state index is 5.40. The average Bonchev–Trinajstić information content (AvgIpc) is 2.25. The van der Waals surface area contributed by atoms with Crippen LogP contribution < -0.4 is 0 Å². The lowest BCUT2D eigenvalue weighted by Gasteiger charge is -2.31. The summed E-state index contributed by atoms with van der Waals surface area (Å²) in [5.41, 5.74) is 0.